The summed E-state index contributed by atoms with van der Waals surface area (Å²) in [4.78, 5) is 16.8. The first-order chi connectivity index (χ1) is 15.0. The Morgan fingerprint density at radius 2 is 1.84 bits per heavy atom. The van der Waals surface area contributed by atoms with E-state index in [2.05, 4.69) is 26.0 Å². The van der Waals surface area contributed by atoms with Crippen molar-refractivity contribution in [2.24, 2.45) is 10.1 Å². The highest BCUT2D eigenvalue weighted by atomic mass is 79.9. The average Bonchev–Trinajstić information content (AvgIpc) is 3.39. The SMILES string of the molecule is N=C1/C(=C/c2cccn2-c2ccc(Br)cc2)C(=O)N=C2SC(c3ccccc3F)=NN12. The molecule has 1 N–H and O–H groups in total. The van der Waals surface area contributed by atoms with Crippen LogP contribution in [-0.4, -0.2) is 31.5 Å². The number of nitrogens with one attached hydrogen (secondary N) is 1. The number of amidine groups is 2. The summed E-state index contributed by atoms with van der Waals surface area (Å²) in [5.41, 5.74) is 2.05. The molecule has 9 heteroatoms. The number of halogens is 2. The Kier molecular flexibility index (Phi) is 4.91. The highest BCUT2D eigenvalue weighted by Gasteiger charge is 2.36. The van der Waals surface area contributed by atoms with Crippen LogP contribution in [0.4, 0.5) is 4.39 Å². The smallest absolute Gasteiger partial charge is 0.283 e. The van der Waals surface area contributed by atoms with E-state index in [-0.39, 0.29) is 16.6 Å². The minimum absolute atomic E-state index is 0.0996. The van der Waals surface area contributed by atoms with Gasteiger partial charge in [-0.3, -0.25) is 10.2 Å². The van der Waals surface area contributed by atoms with Crippen LogP contribution in [0.15, 0.2) is 87.0 Å². The number of hydrogen-bond donors (Lipinski definition) is 1. The highest BCUT2D eigenvalue weighted by molar-refractivity contribution is 9.10. The molecule has 0 spiro atoms. The van der Waals surface area contributed by atoms with E-state index in [4.69, 9.17) is 5.41 Å². The van der Waals surface area contributed by atoms with Crippen molar-refractivity contribution >= 4 is 55.7 Å². The molecular formula is C22H13BrFN5OS. The minimum Gasteiger partial charge on any atom is -0.317 e. The molecule has 5 rings (SSSR count). The van der Waals surface area contributed by atoms with Gasteiger partial charge in [0.25, 0.3) is 5.91 Å². The number of hydrogen-bond acceptors (Lipinski definition) is 4. The molecule has 1 aromatic heterocycles. The number of nitrogens with zero attached hydrogens (tertiary/aromatic N) is 4. The Labute approximate surface area is 189 Å². The number of aromatic nitrogens is 1. The van der Waals surface area contributed by atoms with Gasteiger partial charge in [-0.15, -0.1) is 0 Å². The van der Waals surface area contributed by atoms with Crippen LogP contribution in [0.25, 0.3) is 11.8 Å². The Bertz CT molecular complexity index is 1330. The molecule has 152 valence electrons. The van der Waals surface area contributed by atoms with Gasteiger partial charge in [-0.2, -0.15) is 15.1 Å². The van der Waals surface area contributed by atoms with Gasteiger partial charge in [0.05, 0.1) is 5.57 Å². The molecule has 2 aromatic carbocycles. The zero-order chi connectivity index (χ0) is 21.5. The van der Waals surface area contributed by atoms with Gasteiger partial charge in [-0.05, 0) is 66.4 Å². The van der Waals surface area contributed by atoms with Gasteiger partial charge in [-0.1, -0.05) is 28.1 Å². The van der Waals surface area contributed by atoms with Gasteiger partial charge in [0, 0.05) is 27.6 Å². The zero-order valence-electron chi connectivity index (χ0n) is 15.8. The monoisotopic (exact) mass is 493 g/mol. The molecular weight excluding hydrogens is 481 g/mol. The third-order valence-electron chi connectivity index (χ3n) is 4.74. The summed E-state index contributed by atoms with van der Waals surface area (Å²) >= 11 is 4.49. The molecule has 2 aliphatic rings. The molecule has 0 bridgehead atoms. The first kappa shape index (κ1) is 19.7. The van der Waals surface area contributed by atoms with Crippen LogP contribution in [0.1, 0.15) is 11.3 Å². The van der Waals surface area contributed by atoms with Crippen LogP contribution >= 0.6 is 27.7 Å². The normalized spacial score (nSPS) is 17.1. The van der Waals surface area contributed by atoms with Crippen molar-refractivity contribution in [2.45, 2.75) is 0 Å². The van der Waals surface area contributed by atoms with E-state index >= 15 is 0 Å². The molecule has 0 aliphatic carbocycles. The van der Waals surface area contributed by atoms with Gasteiger partial charge >= 0.3 is 0 Å². The molecule has 2 aliphatic heterocycles. The average molecular weight is 494 g/mol. The molecule has 6 nitrogen and oxygen atoms in total. The maximum Gasteiger partial charge on any atom is 0.283 e. The second-order valence-corrected chi connectivity index (χ2v) is 8.56. The van der Waals surface area contributed by atoms with Crippen LogP contribution < -0.4 is 0 Å². The van der Waals surface area contributed by atoms with Crippen molar-refractivity contribution in [1.82, 2.24) is 9.58 Å². The van der Waals surface area contributed by atoms with Crippen molar-refractivity contribution in [3.8, 4) is 5.69 Å². The number of carbonyl (C=O) groups excluding carboxylic acids is 1. The molecule has 0 unspecified atom stereocenters. The third kappa shape index (κ3) is 3.55. The molecule has 0 radical (unpaired) electrons. The van der Waals surface area contributed by atoms with E-state index in [1.807, 2.05) is 47.2 Å². The van der Waals surface area contributed by atoms with Gasteiger partial charge in [0.2, 0.25) is 5.17 Å². The largest absolute Gasteiger partial charge is 0.317 e. The van der Waals surface area contributed by atoms with Crippen LogP contribution in [0.3, 0.4) is 0 Å². The summed E-state index contributed by atoms with van der Waals surface area (Å²) in [6.45, 7) is 0. The van der Waals surface area contributed by atoms with Crippen molar-refractivity contribution in [1.29, 1.82) is 5.41 Å². The number of hydrazone groups is 1. The lowest BCUT2D eigenvalue weighted by Crippen LogP contribution is -2.35. The molecule has 31 heavy (non-hydrogen) atoms. The second-order valence-electron chi connectivity index (χ2n) is 6.68. The zero-order valence-corrected chi connectivity index (χ0v) is 18.2. The molecule has 0 fully saturated rings. The van der Waals surface area contributed by atoms with Gasteiger partial charge < -0.3 is 4.57 Å². The van der Waals surface area contributed by atoms with Crippen LogP contribution in [0.5, 0.6) is 0 Å². The predicted octanol–water partition coefficient (Wildman–Crippen LogP) is 5.05. The minimum atomic E-state index is -0.530. The maximum atomic E-state index is 14.2. The lowest BCUT2D eigenvalue weighted by atomic mass is 10.1. The van der Waals surface area contributed by atoms with Gasteiger partial charge in [0.1, 0.15) is 10.9 Å². The molecule has 1 amide bonds. The third-order valence-corrected chi connectivity index (χ3v) is 6.21. The first-order valence-electron chi connectivity index (χ1n) is 9.20. The maximum absolute atomic E-state index is 14.2. The molecule has 3 aromatic rings. The standard InChI is InChI=1S/C22H13BrFN5OS/c23-13-7-9-14(10-8-13)28-11-3-4-15(28)12-17-19(25)29-22(26-20(17)30)31-21(27-29)16-5-1-2-6-18(16)24/h1-12,25H/b17-12-,25-19?. The van der Waals surface area contributed by atoms with E-state index in [1.165, 1.54) is 11.1 Å². The molecule has 3 heterocycles. The van der Waals surface area contributed by atoms with E-state index in [0.717, 1.165) is 27.6 Å². The number of amides is 1. The Balaban J connectivity index is 1.51. The topological polar surface area (TPSA) is 73.8 Å². The number of aliphatic imine (C=N–C) groups is 1. The fourth-order valence-electron chi connectivity index (χ4n) is 3.23. The van der Waals surface area contributed by atoms with Crippen LogP contribution in [0.2, 0.25) is 0 Å². The Morgan fingerprint density at radius 3 is 2.61 bits per heavy atom. The highest BCUT2D eigenvalue weighted by Crippen LogP contribution is 2.32. The van der Waals surface area contributed by atoms with Crippen molar-refractivity contribution < 1.29 is 9.18 Å². The predicted molar refractivity (Wildman–Crippen MR) is 124 cm³/mol. The fourth-order valence-corrected chi connectivity index (χ4v) is 4.41. The van der Waals surface area contributed by atoms with Crippen molar-refractivity contribution in [2.75, 3.05) is 0 Å². The van der Waals surface area contributed by atoms with Gasteiger partial charge in [-0.25, -0.2) is 4.39 Å². The molecule has 0 saturated heterocycles. The molecule has 0 saturated carbocycles. The number of benzene rings is 2. The van der Waals surface area contributed by atoms with E-state index in [1.54, 1.807) is 24.3 Å². The van der Waals surface area contributed by atoms with Crippen molar-refractivity contribution in [3.63, 3.8) is 0 Å². The summed E-state index contributed by atoms with van der Waals surface area (Å²) in [5.74, 6) is -1.05. The first-order valence-corrected chi connectivity index (χ1v) is 10.8. The van der Waals surface area contributed by atoms with Crippen LogP contribution in [-0.2, 0) is 4.79 Å². The molecule has 0 atom stereocenters. The summed E-state index contributed by atoms with van der Waals surface area (Å²) in [7, 11) is 0. The summed E-state index contributed by atoms with van der Waals surface area (Å²) in [5, 5.41) is 14.8. The van der Waals surface area contributed by atoms with Crippen LogP contribution in [0, 0.1) is 11.2 Å². The second kappa shape index (κ2) is 7.75. The number of carbonyl (C=O) groups is 1. The fraction of sp³-hybridized carbons (Fsp3) is 0. The van der Waals surface area contributed by atoms with E-state index < -0.39 is 11.7 Å². The summed E-state index contributed by atoms with van der Waals surface area (Å²) in [6, 6.07) is 17.7. The quantitative estimate of drug-likeness (QED) is 0.519. The lowest BCUT2D eigenvalue weighted by molar-refractivity contribution is -0.114. The summed E-state index contributed by atoms with van der Waals surface area (Å²) < 4.78 is 17.0. The van der Waals surface area contributed by atoms with E-state index in [0.29, 0.717) is 10.6 Å². The number of rotatable bonds is 3. The number of fused-ring (bicyclic) bond motifs is 1. The Morgan fingerprint density at radius 1 is 1.06 bits per heavy atom. The Hall–Kier alpha value is -3.30. The van der Waals surface area contributed by atoms with Gasteiger partial charge in [0.15, 0.2) is 5.84 Å². The summed E-state index contributed by atoms with van der Waals surface area (Å²) in [6.07, 6.45) is 3.50. The van der Waals surface area contributed by atoms with E-state index in [9.17, 15) is 9.18 Å². The number of thioether (sulfide) groups is 1. The lowest BCUT2D eigenvalue weighted by Gasteiger charge is -2.20. The van der Waals surface area contributed by atoms with Crippen molar-refractivity contribution in [3.05, 3.63) is 94.0 Å².